The van der Waals surface area contributed by atoms with Crippen molar-refractivity contribution >= 4 is 38.6 Å². The number of carbonyl (C=O) groups is 1. The summed E-state index contributed by atoms with van der Waals surface area (Å²) in [6, 6.07) is 4.59. The fraction of sp³-hybridized carbons (Fsp3) is 0.235. The van der Waals surface area contributed by atoms with E-state index in [-0.39, 0.29) is 22.6 Å². The molecule has 0 unspecified atom stereocenters. The van der Waals surface area contributed by atoms with Crippen molar-refractivity contribution in [2.24, 2.45) is 0 Å². The van der Waals surface area contributed by atoms with E-state index in [1.54, 1.807) is 6.07 Å². The molecule has 1 N–H and O–H groups in total. The number of hydrogen-bond acceptors (Lipinski definition) is 6. The van der Waals surface area contributed by atoms with Gasteiger partial charge in [-0.2, -0.15) is 0 Å². The minimum Gasteiger partial charge on any atom is -0.466 e. The summed E-state index contributed by atoms with van der Waals surface area (Å²) in [7, 11) is 0. The zero-order valence-corrected chi connectivity index (χ0v) is 16.0. The first-order valence-corrected chi connectivity index (χ1v) is 9.04. The molecule has 2 heterocycles. The molecule has 1 amide bonds. The Kier molecular flexibility index (Phi) is 4.73. The van der Waals surface area contributed by atoms with Crippen LogP contribution in [0.25, 0.3) is 10.8 Å². The van der Waals surface area contributed by atoms with Gasteiger partial charge in [-0.25, -0.2) is 27.8 Å². The predicted octanol–water partition coefficient (Wildman–Crippen LogP) is 2.51. The first kappa shape index (κ1) is 19.3. The fourth-order valence-electron chi connectivity index (χ4n) is 2.55. The molecule has 12 heteroatoms. The number of amides is 1. The van der Waals surface area contributed by atoms with Crippen LogP contribution in [-0.4, -0.2) is 37.7 Å². The topological polar surface area (TPSA) is 99.0 Å². The van der Waals surface area contributed by atoms with E-state index in [9.17, 15) is 22.8 Å². The summed E-state index contributed by atoms with van der Waals surface area (Å²) in [6.45, 7) is -0.553. The second kappa shape index (κ2) is 7.10. The third-order valence-electron chi connectivity index (χ3n) is 4.08. The number of nitrogens with zero attached hydrogens (tertiary/aromatic N) is 4. The minimum atomic E-state index is -2.96. The molecule has 0 radical (unpaired) electrons. The lowest BCUT2D eigenvalue weighted by Gasteiger charge is -2.12. The third kappa shape index (κ3) is 4.06. The van der Waals surface area contributed by atoms with Crippen molar-refractivity contribution in [3.8, 4) is 5.88 Å². The molecule has 0 spiro atoms. The van der Waals surface area contributed by atoms with Crippen LogP contribution in [0.4, 0.5) is 19.1 Å². The molecule has 1 aliphatic carbocycles. The van der Waals surface area contributed by atoms with E-state index in [2.05, 4.69) is 36.3 Å². The van der Waals surface area contributed by atoms with E-state index in [0.29, 0.717) is 4.47 Å². The Balaban J connectivity index is 1.65. The molecule has 2 aromatic heterocycles. The van der Waals surface area contributed by atoms with Gasteiger partial charge < -0.3 is 4.74 Å². The monoisotopic (exact) mass is 469 g/mol. The van der Waals surface area contributed by atoms with Crippen molar-refractivity contribution in [2.45, 2.75) is 25.0 Å². The zero-order chi connectivity index (χ0) is 20.8. The van der Waals surface area contributed by atoms with Gasteiger partial charge in [-0.05, 0) is 18.2 Å². The molecule has 4 rings (SSSR count). The number of hydrogen-bond donors (Lipinski definition) is 1. The van der Waals surface area contributed by atoms with Crippen LogP contribution in [-0.2, 0) is 11.3 Å². The lowest BCUT2D eigenvalue weighted by atomic mass is 10.2. The van der Waals surface area contributed by atoms with Gasteiger partial charge in [0, 0.05) is 4.47 Å². The average molecular weight is 470 g/mol. The van der Waals surface area contributed by atoms with Crippen LogP contribution in [0.2, 0.25) is 0 Å². The molecular weight excluding hydrogens is 459 g/mol. The number of ether oxygens (including phenoxy) is 1. The molecule has 1 fully saturated rings. The van der Waals surface area contributed by atoms with Gasteiger partial charge in [0.2, 0.25) is 17.7 Å². The molecule has 1 aromatic carbocycles. The van der Waals surface area contributed by atoms with E-state index in [0.717, 1.165) is 17.1 Å². The Morgan fingerprint density at radius 2 is 2.00 bits per heavy atom. The van der Waals surface area contributed by atoms with Crippen LogP contribution in [0.3, 0.4) is 0 Å². The molecule has 8 nitrogen and oxygen atoms in total. The largest absolute Gasteiger partial charge is 0.466 e. The minimum absolute atomic E-state index is 0.146. The molecule has 0 bridgehead atoms. The summed E-state index contributed by atoms with van der Waals surface area (Å²) in [5.74, 6) is -4.71. The summed E-state index contributed by atoms with van der Waals surface area (Å²) < 4.78 is 46.1. The summed E-state index contributed by atoms with van der Waals surface area (Å²) in [4.78, 5) is 32.0. The standard InChI is InChI=1S/C17H11BrF3N5O3/c18-8-1-2-10-11(3-8)14(29-12-4-17(12,20)21)25-26(15(10)28)7-13(27)24-16-22-5-9(19)6-23-16/h1-3,5-6,12H,4,7H2,(H,22,23,24,27)/t12-/m0/s1. The van der Waals surface area contributed by atoms with Gasteiger partial charge in [-0.1, -0.05) is 15.9 Å². The van der Waals surface area contributed by atoms with Crippen LogP contribution in [0.15, 0.2) is 39.9 Å². The maximum absolute atomic E-state index is 13.3. The highest BCUT2D eigenvalue weighted by Crippen LogP contribution is 2.45. The van der Waals surface area contributed by atoms with Gasteiger partial charge in [-0.15, -0.1) is 5.10 Å². The zero-order valence-electron chi connectivity index (χ0n) is 14.4. The molecule has 0 aliphatic heterocycles. The maximum atomic E-state index is 13.3. The number of aromatic nitrogens is 4. The second-order valence-corrected chi connectivity index (χ2v) is 7.22. The highest BCUT2D eigenvalue weighted by Gasteiger charge is 2.60. The number of nitrogens with one attached hydrogen (secondary N) is 1. The smallest absolute Gasteiger partial charge is 0.288 e. The summed E-state index contributed by atoms with van der Waals surface area (Å²) in [5, 5.41) is 6.63. The Labute approximate surface area is 168 Å². The Hall–Kier alpha value is -3.02. The van der Waals surface area contributed by atoms with Crippen LogP contribution in [0.1, 0.15) is 6.42 Å². The normalized spacial score (nSPS) is 17.2. The van der Waals surface area contributed by atoms with Crippen molar-refractivity contribution in [2.75, 3.05) is 5.32 Å². The van der Waals surface area contributed by atoms with Crippen molar-refractivity contribution < 1.29 is 22.7 Å². The average Bonchev–Trinajstić information content (AvgIpc) is 3.26. The van der Waals surface area contributed by atoms with Crippen molar-refractivity contribution in [1.82, 2.24) is 19.7 Å². The van der Waals surface area contributed by atoms with Crippen molar-refractivity contribution in [3.05, 3.63) is 51.2 Å². The summed E-state index contributed by atoms with van der Waals surface area (Å²) in [5.41, 5.74) is -0.613. The van der Waals surface area contributed by atoms with Gasteiger partial charge in [-0.3, -0.25) is 14.9 Å². The van der Waals surface area contributed by atoms with Crippen LogP contribution in [0, 0.1) is 5.82 Å². The van der Waals surface area contributed by atoms with E-state index >= 15 is 0 Å². The van der Waals surface area contributed by atoms with Gasteiger partial charge in [0.25, 0.3) is 11.5 Å². The van der Waals surface area contributed by atoms with Crippen LogP contribution < -0.4 is 15.6 Å². The first-order chi connectivity index (χ1) is 13.7. The summed E-state index contributed by atoms with van der Waals surface area (Å²) >= 11 is 3.25. The Morgan fingerprint density at radius 3 is 2.66 bits per heavy atom. The van der Waals surface area contributed by atoms with E-state index < -0.39 is 42.3 Å². The van der Waals surface area contributed by atoms with Crippen molar-refractivity contribution in [1.29, 1.82) is 0 Å². The van der Waals surface area contributed by atoms with E-state index in [4.69, 9.17) is 4.74 Å². The highest BCUT2D eigenvalue weighted by molar-refractivity contribution is 9.10. The number of fused-ring (bicyclic) bond motifs is 1. The van der Waals surface area contributed by atoms with Gasteiger partial charge in [0.1, 0.15) is 6.54 Å². The Morgan fingerprint density at radius 1 is 1.31 bits per heavy atom. The number of halogens is 4. The second-order valence-electron chi connectivity index (χ2n) is 6.30. The summed E-state index contributed by atoms with van der Waals surface area (Å²) in [6.07, 6.45) is -0.0681. The number of rotatable bonds is 5. The van der Waals surface area contributed by atoms with Gasteiger partial charge in [0.05, 0.1) is 29.6 Å². The Bertz CT molecular complexity index is 1170. The molecule has 1 saturated carbocycles. The molecule has 3 aromatic rings. The van der Waals surface area contributed by atoms with Crippen LogP contribution in [0.5, 0.6) is 5.88 Å². The lowest BCUT2D eigenvalue weighted by Crippen LogP contribution is -2.30. The molecule has 0 saturated heterocycles. The maximum Gasteiger partial charge on any atom is 0.288 e. The number of benzene rings is 1. The quantitative estimate of drug-likeness (QED) is 0.616. The molecular formula is C17H11BrF3N5O3. The third-order valence-corrected chi connectivity index (χ3v) is 4.57. The van der Waals surface area contributed by atoms with Crippen LogP contribution >= 0.6 is 15.9 Å². The van der Waals surface area contributed by atoms with E-state index in [1.807, 2.05) is 0 Å². The molecule has 1 aliphatic rings. The van der Waals surface area contributed by atoms with Gasteiger partial charge in [0.15, 0.2) is 11.9 Å². The molecule has 150 valence electrons. The highest BCUT2D eigenvalue weighted by atomic mass is 79.9. The fourth-order valence-corrected chi connectivity index (χ4v) is 2.91. The number of alkyl halides is 2. The number of carbonyl (C=O) groups excluding carboxylic acids is 1. The molecule has 1 atom stereocenters. The number of anilines is 1. The first-order valence-electron chi connectivity index (χ1n) is 8.25. The van der Waals surface area contributed by atoms with E-state index in [1.165, 1.54) is 12.1 Å². The van der Waals surface area contributed by atoms with Crippen molar-refractivity contribution in [3.63, 3.8) is 0 Å². The lowest BCUT2D eigenvalue weighted by molar-refractivity contribution is -0.117. The SMILES string of the molecule is O=C(Cn1nc(O[C@H]2CC2(F)F)c2cc(Br)ccc2c1=O)Nc1ncc(F)cn1. The van der Waals surface area contributed by atoms with Gasteiger partial charge >= 0.3 is 0 Å². The molecule has 29 heavy (non-hydrogen) atoms. The predicted molar refractivity (Wildman–Crippen MR) is 98.3 cm³/mol.